The Kier molecular flexibility index (Phi) is 4.32. The van der Waals surface area contributed by atoms with Crippen molar-refractivity contribution in [2.24, 2.45) is 0 Å². The molecule has 2 rings (SSSR count). The SMILES string of the molecule is Cc1ccc(C#CC(F)=C(F)c2ccc(C)cc2)cc1. The first kappa shape index (κ1) is 14.0. The van der Waals surface area contributed by atoms with Gasteiger partial charge in [0.05, 0.1) is 0 Å². The first-order valence-corrected chi connectivity index (χ1v) is 6.27. The van der Waals surface area contributed by atoms with Crippen LogP contribution in [-0.4, -0.2) is 0 Å². The van der Waals surface area contributed by atoms with Gasteiger partial charge in [-0.15, -0.1) is 0 Å². The molecule has 0 fully saturated rings. The van der Waals surface area contributed by atoms with Gasteiger partial charge < -0.3 is 0 Å². The Morgan fingerprint density at radius 3 is 1.85 bits per heavy atom. The van der Waals surface area contributed by atoms with Crippen LogP contribution in [0.25, 0.3) is 5.83 Å². The second kappa shape index (κ2) is 6.16. The molecule has 0 bridgehead atoms. The van der Waals surface area contributed by atoms with E-state index in [9.17, 15) is 8.78 Å². The van der Waals surface area contributed by atoms with Crippen LogP contribution in [0.4, 0.5) is 8.78 Å². The van der Waals surface area contributed by atoms with Crippen LogP contribution in [0.3, 0.4) is 0 Å². The highest BCUT2D eigenvalue weighted by molar-refractivity contribution is 5.65. The predicted molar refractivity (Wildman–Crippen MR) is 78.4 cm³/mol. The van der Waals surface area contributed by atoms with Crippen molar-refractivity contribution in [1.29, 1.82) is 0 Å². The smallest absolute Gasteiger partial charge is 0.202 e. The molecule has 2 aromatic carbocycles. The van der Waals surface area contributed by atoms with E-state index in [2.05, 4.69) is 11.8 Å². The molecule has 100 valence electrons. The minimum Gasteiger partial charge on any atom is -0.202 e. The lowest BCUT2D eigenvalue weighted by Gasteiger charge is -1.98. The van der Waals surface area contributed by atoms with Gasteiger partial charge in [0.2, 0.25) is 5.83 Å². The van der Waals surface area contributed by atoms with Gasteiger partial charge in [-0.25, -0.2) is 4.39 Å². The van der Waals surface area contributed by atoms with E-state index in [1.807, 2.05) is 26.0 Å². The van der Waals surface area contributed by atoms with Gasteiger partial charge in [0.1, 0.15) is 0 Å². The predicted octanol–water partition coefficient (Wildman–Crippen LogP) is 4.96. The number of hydrogen-bond donors (Lipinski definition) is 0. The average molecular weight is 268 g/mol. The summed E-state index contributed by atoms with van der Waals surface area (Å²) in [6.45, 7) is 3.84. The molecule has 2 aromatic rings. The summed E-state index contributed by atoms with van der Waals surface area (Å²) >= 11 is 0. The third-order valence-corrected chi connectivity index (χ3v) is 2.87. The van der Waals surface area contributed by atoms with E-state index in [0.717, 1.165) is 11.1 Å². The quantitative estimate of drug-likeness (QED) is 0.641. The Morgan fingerprint density at radius 1 is 0.800 bits per heavy atom. The summed E-state index contributed by atoms with van der Waals surface area (Å²) in [6.07, 6.45) is 0. The van der Waals surface area contributed by atoms with E-state index in [0.29, 0.717) is 5.56 Å². The molecule has 0 N–H and O–H groups in total. The zero-order valence-corrected chi connectivity index (χ0v) is 11.4. The zero-order chi connectivity index (χ0) is 14.5. The number of benzene rings is 2. The lowest BCUT2D eigenvalue weighted by Crippen LogP contribution is -1.82. The van der Waals surface area contributed by atoms with E-state index in [4.69, 9.17) is 0 Å². The van der Waals surface area contributed by atoms with Gasteiger partial charge in [-0.05, 0) is 31.9 Å². The summed E-state index contributed by atoms with van der Waals surface area (Å²) in [4.78, 5) is 0. The molecule has 2 heteroatoms. The Bertz CT molecular complexity index is 681. The molecule has 0 aromatic heterocycles. The third-order valence-electron chi connectivity index (χ3n) is 2.87. The minimum atomic E-state index is -1.05. The second-order valence-corrected chi connectivity index (χ2v) is 4.61. The number of aryl methyl sites for hydroxylation is 2. The Hall–Kier alpha value is -2.40. The largest absolute Gasteiger partial charge is 0.209 e. The molecular formula is C18H14F2. The van der Waals surface area contributed by atoms with Crippen molar-refractivity contribution in [1.82, 2.24) is 0 Å². The Morgan fingerprint density at radius 2 is 1.30 bits per heavy atom. The fourth-order valence-corrected chi connectivity index (χ4v) is 1.65. The van der Waals surface area contributed by atoms with Crippen LogP contribution >= 0.6 is 0 Å². The van der Waals surface area contributed by atoms with Crippen molar-refractivity contribution in [2.45, 2.75) is 13.8 Å². The van der Waals surface area contributed by atoms with Gasteiger partial charge in [0, 0.05) is 11.1 Å². The van der Waals surface area contributed by atoms with Crippen molar-refractivity contribution in [3.05, 3.63) is 76.6 Å². The molecule has 0 aliphatic carbocycles. The first-order chi connectivity index (χ1) is 9.56. The maximum atomic E-state index is 13.8. The minimum absolute atomic E-state index is 0.200. The first-order valence-electron chi connectivity index (χ1n) is 6.27. The summed E-state index contributed by atoms with van der Waals surface area (Å²) in [5.74, 6) is 2.86. The number of halogens is 2. The highest BCUT2D eigenvalue weighted by atomic mass is 19.2. The summed E-state index contributed by atoms with van der Waals surface area (Å²) in [6, 6.07) is 13.9. The highest BCUT2D eigenvalue weighted by Crippen LogP contribution is 2.21. The maximum Gasteiger partial charge on any atom is 0.209 e. The molecule has 0 atom stereocenters. The van der Waals surface area contributed by atoms with E-state index in [1.54, 1.807) is 24.3 Å². The topological polar surface area (TPSA) is 0 Å². The van der Waals surface area contributed by atoms with Crippen LogP contribution in [0.1, 0.15) is 22.3 Å². The lowest BCUT2D eigenvalue weighted by molar-refractivity contribution is 0.635. The van der Waals surface area contributed by atoms with Gasteiger partial charge in [0.25, 0.3) is 0 Å². The molecule has 0 nitrogen and oxygen atoms in total. The third kappa shape index (κ3) is 3.55. The maximum absolute atomic E-state index is 13.8. The van der Waals surface area contributed by atoms with Gasteiger partial charge in [-0.2, -0.15) is 4.39 Å². The molecule has 0 saturated heterocycles. The van der Waals surface area contributed by atoms with Crippen LogP contribution in [0.15, 0.2) is 54.4 Å². The van der Waals surface area contributed by atoms with Crippen molar-refractivity contribution in [3.8, 4) is 11.8 Å². The van der Waals surface area contributed by atoms with Crippen LogP contribution < -0.4 is 0 Å². The Labute approximate surface area is 117 Å². The molecular weight excluding hydrogens is 254 g/mol. The monoisotopic (exact) mass is 268 g/mol. The summed E-state index contributed by atoms with van der Waals surface area (Å²) in [5, 5.41) is 0. The second-order valence-electron chi connectivity index (χ2n) is 4.61. The molecule has 20 heavy (non-hydrogen) atoms. The standard InChI is InChI=1S/C18H14F2/c1-13-3-7-15(8-4-13)9-12-17(19)18(20)16-10-5-14(2)6-11-16/h3-8,10-11H,1-2H3. The van der Waals surface area contributed by atoms with Crippen LogP contribution in [-0.2, 0) is 0 Å². The highest BCUT2D eigenvalue weighted by Gasteiger charge is 2.06. The van der Waals surface area contributed by atoms with Gasteiger partial charge in [-0.1, -0.05) is 53.4 Å². The van der Waals surface area contributed by atoms with E-state index >= 15 is 0 Å². The number of rotatable bonds is 1. The van der Waals surface area contributed by atoms with Gasteiger partial charge >= 0.3 is 0 Å². The zero-order valence-electron chi connectivity index (χ0n) is 11.4. The average Bonchev–Trinajstić information content (AvgIpc) is 2.46. The summed E-state index contributed by atoms with van der Waals surface area (Å²) < 4.78 is 27.5. The normalized spacial score (nSPS) is 11.4. The van der Waals surface area contributed by atoms with Crippen LogP contribution in [0.2, 0.25) is 0 Å². The van der Waals surface area contributed by atoms with Crippen molar-refractivity contribution in [3.63, 3.8) is 0 Å². The molecule has 0 spiro atoms. The molecule has 0 heterocycles. The van der Waals surface area contributed by atoms with Crippen molar-refractivity contribution in [2.75, 3.05) is 0 Å². The molecule has 0 aliphatic heterocycles. The van der Waals surface area contributed by atoms with Gasteiger partial charge in [0.15, 0.2) is 5.83 Å². The van der Waals surface area contributed by atoms with E-state index in [1.165, 1.54) is 12.1 Å². The molecule has 0 saturated carbocycles. The van der Waals surface area contributed by atoms with E-state index < -0.39 is 11.7 Å². The fourth-order valence-electron chi connectivity index (χ4n) is 1.65. The van der Waals surface area contributed by atoms with Crippen LogP contribution in [0.5, 0.6) is 0 Å². The molecule has 0 amide bonds. The molecule has 0 unspecified atom stereocenters. The van der Waals surface area contributed by atoms with Crippen molar-refractivity contribution < 1.29 is 8.78 Å². The Balaban J connectivity index is 2.26. The lowest BCUT2D eigenvalue weighted by atomic mass is 10.1. The van der Waals surface area contributed by atoms with Crippen LogP contribution in [0, 0.1) is 25.7 Å². The molecule has 0 radical (unpaired) electrons. The summed E-state index contributed by atoms with van der Waals surface area (Å²) in [7, 11) is 0. The number of hydrogen-bond acceptors (Lipinski definition) is 0. The fraction of sp³-hybridized carbons (Fsp3) is 0.111. The molecule has 0 aliphatic rings. The number of allylic oxidation sites excluding steroid dienone is 1. The van der Waals surface area contributed by atoms with Gasteiger partial charge in [-0.3, -0.25) is 0 Å². The summed E-state index contributed by atoms with van der Waals surface area (Å²) in [5.41, 5.74) is 2.94. The van der Waals surface area contributed by atoms with E-state index in [-0.39, 0.29) is 5.56 Å². The van der Waals surface area contributed by atoms with Crippen molar-refractivity contribution >= 4 is 5.83 Å².